The predicted molar refractivity (Wildman–Crippen MR) is 116 cm³/mol. The summed E-state index contributed by atoms with van der Waals surface area (Å²) in [5.41, 5.74) is 6.40. The number of fused-ring (bicyclic) bond motifs is 2. The Balaban J connectivity index is 1.58. The Morgan fingerprint density at radius 1 is 0.862 bits per heavy atom. The van der Waals surface area contributed by atoms with Gasteiger partial charge in [-0.1, -0.05) is 36.4 Å². The highest BCUT2D eigenvalue weighted by Gasteiger charge is 2.18. The van der Waals surface area contributed by atoms with E-state index in [-0.39, 0.29) is 5.91 Å². The molecule has 1 aliphatic rings. The first-order valence-electron chi connectivity index (χ1n) is 10.0. The number of carbonyl (C=O) groups excluding carboxylic acids is 1. The lowest BCUT2D eigenvalue weighted by Crippen LogP contribution is -2.16. The first kappa shape index (κ1) is 17.6. The summed E-state index contributed by atoms with van der Waals surface area (Å²) >= 11 is 0. The van der Waals surface area contributed by atoms with Gasteiger partial charge >= 0.3 is 0 Å². The molecule has 4 heteroatoms. The van der Waals surface area contributed by atoms with Gasteiger partial charge in [-0.05, 0) is 67.1 Å². The Morgan fingerprint density at radius 3 is 2.62 bits per heavy atom. The van der Waals surface area contributed by atoms with Crippen molar-refractivity contribution in [3.05, 3.63) is 89.6 Å². The van der Waals surface area contributed by atoms with Crippen LogP contribution in [0.15, 0.2) is 72.9 Å². The molecule has 142 valence electrons. The highest BCUT2D eigenvalue weighted by molar-refractivity contribution is 6.13. The van der Waals surface area contributed by atoms with Crippen molar-refractivity contribution in [3.63, 3.8) is 0 Å². The minimum atomic E-state index is -0.111. The van der Waals surface area contributed by atoms with E-state index in [1.807, 2.05) is 60.7 Å². The van der Waals surface area contributed by atoms with E-state index in [2.05, 4.69) is 16.4 Å². The van der Waals surface area contributed by atoms with Crippen molar-refractivity contribution in [1.29, 1.82) is 0 Å². The van der Waals surface area contributed by atoms with Crippen LogP contribution in [-0.2, 0) is 12.8 Å². The van der Waals surface area contributed by atoms with Crippen molar-refractivity contribution >= 4 is 22.5 Å². The van der Waals surface area contributed by atoms with Gasteiger partial charge in [-0.2, -0.15) is 0 Å². The highest BCUT2D eigenvalue weighted by atomic mass is 16.1. The molecule has 2 heterocycles. The summed E-state index contributed by atoms with van der Waals surface area (Å²) in [6.07, 6.45) is 6.22. The number of nitrogens with zero attached hydrogens (tertiary/aromatic N) is 2. The SMILES string of the molecule is O=C(Nc1cccc2c1CCCC2)c1cc(-c2ccccn2)nc2ccccc12. The smallest absolute Gasteiger partial charge is 0.256 e. The number of aryl methyl sites for hydroxylation is 1. The van der Waals surface area contributed by atoms with Gasteiger partial charge in [-0.25, -0.2) is 4.98 Å². The molecule has 0 atom stereocenters. The summed E-state index contributed by atoms with van der Waals surface area (Å²) in [6.45, 7) is 0. The summed E-state index contributed by atoms with van der Waals surface area (Å²) in [7, 11) is 0. The van der Waals surface area contributed by atoms with Crippen LogP contribution in [0, 0.1) is 0 Å². The Hall–Kier alpha value is -3.53. The van der Waals surface area contributed by atoms with E-state index >= 15 is 0 Å². The highest BCUT2D eigenvalue weighted by Crippen LogP contribution is 2.29. The van der Waals surface area contributed by atoms with Crippen molar-refractivity contribution in [2.75, 3.05) is 5.32 Å². The first-order valence-corrected chi connectivity index (χ1v) is 10.0. The number of aromatic nitrogens is 2. The van der Waals surface area contributed by atoms with Gasteiger partial charge in [0.05, 0.1) is 22.5 Å². The van der Waals surface area contributed by atoms with Gasteiger partial charge in [-0.3, -0.25) is 9.78 Å². The molecule has 0 aliphatic heterocycles. The van der Waals surface area contributed by atoms with Gasteiger partial charge in [0.2, 0.25) is 0 Å². The molecule has 1 N–H and O–H groups in total. The van der Waals surface area contributed by atoms with E-state index in [1.165, 1.54) is 24.0 Å². The zero-order valence-corrected chi connectivity index (χ0v) is 16.1. The Labute approximate surface area is 169 Å². The molecule has 4 nitrogen and oxygen atoms in total. The maximum Gasteiger partial charge on any atom is 0.256 e. The van der Waals surface area contributed by atoms with Gasteiger partial charge in [0, 0.05) is 17.3 Å². The maximum absolute atomic E-state index is 13.3. The molecule has 5 rings (SSSR count). The molecule has 0 radical (unpaired) electrons. The first-order chi connectivity index (χ1) is 14.3. The van der Waals surface area contributed by atoms with Crippen LogP contribution in [0.25, 0.3) is 22.3 Å². The lowest BCUT2D eigenvalue weighted by atomic mass is 9.90. The van der Waals surface area contributed by atoms with Crippen molar-refractivity contribution in [1.82, 2.24) is 9.97 Å². The summed E-state index contributed by atoms with van der Waals surface area (Å²) in [5.74, 6) is -0.111. The molecular formula is C25H21N3O. The zero-order valence-electron chi connectivity index (χ0n) is 16.1. The predicted octanol–water partition coefficient (Wildman–Crippen LogP) is 5.43. The number of hydrogen-bond donors (Lipinski definition) is 1. The molecule has 0 bridgehead atoms. The number of rotatable bonds is 3. The Kier molecular flexibility index (Phi) is 4.53. The molecule has 1 amide bonds. The monoisotopic (exact) mass is 379 g/mol. The molecule has 2 aromatic heterocycles. The standard InChI is InChI=1S/C25H21N3O/c29-25(28-21-14-7-9-17-8-1-2-10-18(17)21)20-16-24(23-13-5-6-15-26-23)27-22-12-4-3-11-19(20)22/h3-7,9,11-16H,1-2,8,10H2,(H,28,29). The minimum absolute atomic E-state index is 0.111. The number of para-hydroxylation sites is 1. The lowest BCUT2D eigenvalue weighted by Gasteiger charge is -2.20. The fourth-order valence-electron chi connectivity index (χ4n) is 4.10. The summed E-state index contributed by atoms with van der Waals surface area (Å²) in [4.78, 5) is 22.5. The summed E-state index contributed by atoms with van der Waals surface area (Å²) in [5, 5.41) is 4.01. The topological polar surface area (TPSA) is 54.9 Å². The van der Waals surface area contributed by atoms with Crippen LogP contribution in [-0.4, -0.2) is 15.9 Å². The van der Waals surface area contributed by atoms with Crippen LogP contribution in [0.4, 0.5) is 5.69 Å². The number of hydrogen-bond acceptors (Lipinski definition) is 3. The number of pyridine rings is 2. The van der Waals surface area contributed by atoms with Gasteiger partial charge in [0.25, 0.3) is 5.91 Å². The summed E-state index contributed by atoms with van der Waals surface area (Å²) < 4.78 is 0. The average molecular weight is 379 g/mol. The molecule has 0 spiro atoms. The van der Waals surface area contributed by atoms with Crippen LogP contribution in [0.1, 0.15) is 34.3 Å². The quantitative estimate of drug-likeness (QED) is 0.516. The molecule has 0 saturated carbocycles. The number of carbonyl (C=O) groups is 1. The van der Waals surface area contributed by atoms with Crippen molar-refractivity contribution in [2.45, 2.75) is 25.7 Å². The molecule has 1 aliphatic carbocycles. The third kappa shape index (κ3) is 3.38. The van der Waals surface area contributed by atoms with Crippen LogP contribution in [0.2, 0.25) is 0 Å². The second-order valence-corrected chi connectivity index (χ2v) is 7.39. The molecule has 0 saturated heterocycles. The van der Waals surface area contributed by atoms with Gasteiger partial charge in [0.1, 0.15) is 0 Å². The lowest BCUT2D eigenvalue weighted by molar-refractivity contribution is 0.102. The molecular weight excluding hydrogens is 358 g/mol. The third-order valence-electron chi connectivity index (χ3n) is 5.53. The van der Waals surface area contributed by atoms with Gasteiger partial charge in [-0.15, -0.1) is 0 Å². The van der Waals surface area contributed by atoms with E-state index in [9.17, 15) is 4.79 Å². The molecule has 29 heavy (non-hydrogen) atoms. The van der Waals surface area contributed by atoms with E-state index < -0.39 is 0 Å². The third-order valence-corrected chi connectivity index (χ3v) is 5.53. The number of amides is 1. The Bertz CT molecular complexity index is 1200. The maximum atomic E-state index is 13.3. The normalized spacial score (nSPS) is 13.1. The van der Waals surface area contributed by atoms with E-state index in [4.69, 9.17) is 4.98 Å². The molecule has 0 fully saturated rings. The molecule has 2 aromatic carbocycles. The van der Waals surface area contributed by atoms with Gasteiger partial charge < -0.3 is 5.32 Å². The largest absolute Gasteiger partial charge is 0.322 e. The zero-order chi connectivity index (χ0) is 19.6. The van der Waals surface area contributed by atoms with Crippen LogP contribution >= 0.6 is 0 Å². The fraction of sp³-hybridized carbons (Fsp3) is 0.160. The second kappa shape index (κ2) is 7.47. The summed E-state index contributed by atoms with van der Waals surface area (Å²) in [6, 6.07) is 21.5. The van der Waals surface area contributed by atoms with Crippen molar-refractivity contribution < 1.29 is 4.79 Å². The number of nitrogens with one attached hydrogen (secondary N) is 1. The fourth-order valence-corrected chi connectivity index (χ4v) is 4.10. The Morgan fingerprint density at radius 2 is 1.72 bits per heavy atom. The van der Waals surface area contributed by atoms with Crippen molar-refractivity contribution in [2.24, 2.45) is 0 Å². The van der Waals surface area contributed by atoms with Crippen molar-refractivity contribution in [3.8, 4) is 11.4 Å². The molecule has 0 unspecified atom stereocenters. The number of anilines is 1. The van der Waals surface area contributed by atoms with Gasteiger partial charge in [0.15, 0.2) is 0 Å². The van der Waals surface area contributed by atoms with Crippen LogP contribution in [0.3, 0.4) is 0 Å². The van der Waals surface area contributed by atoms with E-state index in [1.54, 1.807) is 6.20 Å². The van der Waals surface area contributed by atoms with E-state index in [0.717, 1.165) is 35.1 Å². The molecule has 4 aromatic rings. The number of benzene rings is 2. The van der Waals surface area contributed by atoms with Crippen LogP contribution < -0.4 is 5.32 Å². The van der Waals surface area contributed by atoms with Crippen LogP contribution in [0.5, 0.6) is 0 Å². The second-order valence-electron chi connectivity index (χ2n) is 7.39. The van der Waals surface area contributed by atoms with E-state index in [0.29, 0.717) is 11.3 Å². The average Bonchev–Trinajstić information content (AvgIpc) is 2.79. The minimum Gasteiger partial charge on any atom is -0.322 e.